The maximum absolute atomic E-state index is 13.3. The molecule has 0 spiro atoms. The van der Waals surface area contributed by atoms with E-state index in [0.717, 1.165) is 76.6 Å². The zero-order valence-corrected chi connectivity index (χ0v) is 24.2. The molecule has 0 bridgehead atoms. The van der Waals surface area contributed by atoms with Crippen LogP contribution in [0, 0.1) is 18.7 Å². The summed E-state index contributed by atoms with van der Waals surface area (Å²) in [5.41, 5.74) is 6.91. The number of hydrogen-bond acceptors (Lipinski definition) is 6. The van der Waals surface area contributed by atoms with Gasteiger partial charge in [0.1, 0.15) is 5.82 Å². The summed E-state index contributed by atoms with van der Waals surface area (Å²) in [4.78, 5) is 44.8. The Bertz CT molecular complexity index is 1100. The minimum absolute atomic E-state index is 0.0401. The molecule has 39 heavy (non-hydrogen) atoms. The monoisotopic (exact) mass is 559 g/mol. The van der Waals surface area contributed by atoms with Crippen molar-refractivity contribution in [2.75, 3.05) is 32.0 Å². The van der Waals surface area contributed by atoms with E-state index in [1.807, 2.05) is 24.1 Å². The van der Waals surface area contributed by atoms with Crippen molar-refractivity contribution in [2.24, 2.45) is 11.7 Å². The lowest BCUT2D eigenvalue weighted by molar-refractivity contribution is -0.130. The third-order valence-corrected chi connectivity index (χ3v) is 8.75. The van der Waals surface area contributed by atoms with E-state index in [2.05, 4.69) is 15.2 Å². The highest BCUT2D eigenvalue weighted by Crippen LogP contribution is 2.28. The number of hydrogen-bond donors (Lipinski definition) is 2. The van der Waals surface area contributed by atoms with Crippen LogP contribution in [-0.2, 0) is 11.2 Å². The standard InChI is InChI=1S/C29H42FN5O3S/c1-20-27(39-29(32-20)33-28(31)38)26(37)8-4-5-17-35(18-6-7-22-9-13-24(30)14-10-22)19-23-11-15-25(16-12-23)34(3)21(2)36/h9-10,13-14,23,25H,4-8,11-12,15-19H2,1-3H3,(H3,31,32,33,38). The molecule has 0 unspecified atom stereocenters. The smallest absolute Gasteiger partial charge is 0.318 e. The number of carbonyl (C=O) groups excluding carboxylic acids is 3. The average Bonchev–Trinajstić information content (AvgIpc) is 3.26. The van der Waals surface area contributed by atoms with Crippen molar-refractivity contribution in [3.63, 3.8) is 0 Å². The van der Waals surface area contributed by atoms with E-state index >= 15 is 0 Å². The van der Waals surface area contributed by atoms with Gasteiger partial charge in [0, 0.05) is 33.0 Å². The summed E-state index contributed by atoms with van der Waals surface area (Å²) in [7, 11) is 1.90. The first-order valence-corrected chi connectivity index (χ1v) is 14.7. The number of halogens is 1. The topological polar surface area (TPSA) is 109 Å². The van der Waals surface area contributed by atoms with Crippen LogP contribution >= 0.6 is 11.3 Å². The number of nitrogens with zero attached hydrogens (tertiary/aromatic N) is 3. The van der Waals surface area contributed by atoms with Crippen molar-refractivity contribution in [1.82, 2.24) is 14.8 Å². The van der Waals surface area contributed by atoms with Crippen LogP contribution in [0.15, 0.2) is 24.3 Å². The van der Waals surface area contributed by atoms with Crippen molar-refractivity contribution in [1.29, 1.82) is 0 Å². The predicted octanol–water partition coefficient (Wildman–Crippen LogP) is 5.41. The van der Waals surface area contributed by atoms with Crippen LogP contribution in [0.25, 0.3) is 0 Å². The average molecular weight is 560 g/mol. The van der Waals surface area contributed by atoms with E-state index < -0.39 is 6.03 Å². The van der Waals surface area contributed by atoms with Crippen molar-refractivity contribution < 1.29 is 18.8 Å². The molecule has 1 aliphatic rings. The van der Waals surface area contributed by atoms with Crippen LogP contribution < -0.4 is 11.1 Å². The fraction of sp³-hybridized carbons (Fsp3) is 0.586. The molecule has 1 saturated carbocycles. The molecular formula is C29H42FN5O3S. The number of primary amides is 1. The fourth-order valence-electron chi connectivity index (χ4n) is 5.34. The van der Waals surface area contributed by atoms with E-state index in [4.69, 9.17) is 5.73 Å². The first kappa shape index (κ1) is 30.7. The highest BCUT2D eigenvalue weighted by atomic mass is 32.1. The predicted molar refractivity (Wildman–Crippen MR) is 154 cm³/mol. The molecule has 1 aliphatic carbocycles. The van der Waals surface area contributed by atoms with Crippen LogP contribution in [0.2, 0.25) is 0 Å². The van der Waals surface area contributed by atoms with Gasteiger partial charge >= 0.3 is 6.03 Å². The van der Waals surface area contributed by atoms with Crippen molar-refractivity contribution >= 4 is 34.2 Å². The van der Waals surface area contributed by atoms with Gasteiger partial charge in [0.15, 0.2) is 10.9 Å². The summed E-state index contributed by atoms with van der Waals surface area (Å²) in [6.45, 7) is 6.29. The largest absolute Gasteiger partial charge is 0.351 e. The highest BCUT2D eigenvalue weighted by molar-refractivity contribution is 7.17. The lowest BCUT2D eigenvalue weighted by atomic mass is 9.85. The van der Waals surface area contributed by atoms with Gasteiger partial charge in [0.05, 0.1) is 10.6 Å². The van der Waals surface area contributed by atoms with Gasteiger partial charge in [-0.2, -0.15) is 0 Å². The summed E-state index contributed by atoms with van der Waals surface area (Å²) in [5.74, 6) is 0.558. The normalized spacial score (nSPS) is 17.3. The number of aromatic nitrogens is 1. The maximum atomic E-state index is 13.3. The molecule has 1 fully saturated rings. The van der Waals surface area contributed by atoms with E-state index in [9.17, 15) is 18.8 Å². The first-order valence-electron chi connectivity index (χ1n) is 13.9. The molecule has 8 nitrogen and oxygen atoms in total. The van der Waals surface area contributed by atoms with E-state index in [-0.39, 0.29) is 17.5 Å². The van der Waals surface area contributed by atoms with Gasteiger partial charge in [0.25, 0.3) is 0 Å². The Kier molecular flexibility index (Phi) is 11.9. The zero-order valence-electron chi connectivity index (χ0n) is 23.4. The number of Topliss-reactive ketones (excluding diaryl/α,β-unsaturated/α-hetero) is 1. The fourth-order valence-corrected chi connectivity index (χ4v) is 6.27. The van der Waals surface area contributed by atoms with Gasteiger partial charge in [-0.3, -0.25) is 14.9 Å². The molecule has 3 amide bonds. The van der Waals surface area contributed by atoms with E-state index in [1.165, 1.54) is 23.5 Å². The van der Waals surface area contributed by atoms with E-state index in [1.54, 1.807) is 13.8 Å². The Morgan fingerprint density at radius 1 is 1.08 bits per heavy atom. The van der Waals surface area contributed by atoms with Crippen molar-refractivity contribution in [3.8, 4) is 0 Å². The zero-order chi connectivity index (χ0) is 28.4. The SMILES string of the molecule is CC(=O)N(C)C1CCC(CN(CCCCC(=O)c2sc(NC(N)=O)nc2C)CCCc2ccc(F)cc2)CC1. The number of thiazole rings is 1. The van der Waals surface area contributed by atoms with Gasteiger partial charge in [-0.15, -0.1) is 0 Å². The van der Waals surface area contributed by atoms with Crippen LogP contribution in [0.1, 0.15) is 79.2 Å². The van der Waals surface area contributed by atoms with E-state index in [0.29, 0.717) is 34.1 Å². The molecule has 214 valence electrons. The Morgan fingerprint density at radius 2 is 1.74 bits per heavy atom. The molecule has 1 heterocycles. The molecule has 3 N–H and O–H groups in total. The van der Waals surface area contributed by atoms with Crippen LogP contribution in [0.5, 0.6) is 0 Å². The molecule has 2 aromatic rings. The van der Waals surface area contributed by atoms with Gasteiger partial charge in [-0.05, 0) is 95.0 Å². The Labute approximate surface area is 235 Å². The number of benzene rings is 1. The number of aryl methyl sites for hydroxylation is 2. The minimum atomic E-state index is -0.693. The molecule has 0 saturated heterocycles. The number of ketones is 1. The number of carbonyl (C=O) groups is 3. The van der Waals surface area contributed by atoms with Gasteiger partial charge in [-0.1, -0.05) is 23.5 Å². The molecule has 0 atom stereocenters. The summed E-state index contributed by atoms with van der Waals surface area (Å²) in [6, 6.07) is 6.37. The number of urea groups is 1. The number of amides is 3. The molecular weight excluding hydrogens is 517 g/mol. The second-order valence-corrected chi connectivity index (χ2v) is 11.6. The second kappa shape index (κ2) is 15.1. The Balaban J connectivity index is 1.49. The number of nitrogens with one attached hydrogen (secondary N) is 1. The Morgan fingerprint density at radius 3 is 2.38 bits per heavy atom. The highest BCUT2D eigenvalue weighted by Gasteiger charge is 2.26. The third-order valence-electron chi connectivity index (χ3n) is 7.64. The van der Waals surface area contributed by atoms with Gasteiger partial charge in [-0.25, -0.2) is 14.2 Å². The van der Waals surface area contributed by atoms with Crippen LogP contribution in [-0.4, -0.2) is 65.2 Å². The number of anilines is 1. The molecule has 10 heteroatoms. The number of nitrogens with two attached hydrogens (primary N) is 1. The molecule has 0 aliphatic heterocycles. The minimum Gasteiger partial charge on any atom is -0.351 e. The number of rotatable bonds is 14. The number of unbranched alkanes of at least 4 members (excludes halogenated alkanes) is 1. The molecule has 0 radical (unpaired) electrons. The summed E-state index contributed by atoms with van der Waals surface area (Å²) < 4.78 is 13.3. The third kappa shape index (κ3) is 10.0. The maximum Gasteiger partial charge on any atom is 0.318 e. The first-order chi connectivity index (χ1) is 18.6. The quantitative estimate of drug-likeness (QED) is 0.238. The summed E-state index contributed by atoms with van der Waals surface area (Å²) >= 11 is 1.17. The van der Waals surface area contributed by atoms with Crippen LogP contribution in [0.4, 0.5) is 14.3 Å². The molecule has 1 aromatic heterocycles. The molecule has 3 rings (SSSR count). The summed E-state index contributed by atoms with van der Waals surface area (Å²) in [5, 5.41) is 2.79. The van der Waals surface area contributed by atoms with Crippen molar-refractivity contribution in [3.05, 3.63) is 46.2 Å². The van der Waals surface area contributed by atoms with Crippen molar-refractivity contribution in [2.45, 2.75) is 77.7 Å². The van der Waals surface area contributed by atoms with Gasteiger partial charge in [0.2, 0.25) is 5.91 Å². The van der Waals surface area contributed by atoms with Gasteiger partial charge < -0.3 is 15.5 Å². The molecule has 1 aromatic carbocycles. The lowest BCUT2D eigenvalue weighted by Crippen LogP contribution is -2.40. The summed E-state index contributed by atoms with van der Waals surface area (Å²) in [6.07, 6.45) is 8.32. The lowest BCUT2D eigenvalue weighted by Gasteiger charge is -2.36. The Hall–Kier alpha value is -2.85. The van der Waals surface area contributed by atoms with Crippen LogP contribution in [0.3, 0.4) is 0 Å². The second-order valence-electron chi connectivity index (χ2n) is 10.6.